The van der Waals surface area contributed by atoms with E-state index in [2.05, 4.69) is 0 Å². The van der Waals surface area contributed by atoms with Gasteiger partial charge in [0.25, 0.3) is 5.69 Å². The Morgan fingerprint density at radius 1 is 1.24 bits per heavy atom. The number of nitriles is 1. The zero-order chi connectivity index (χ0) is 15.4. The van der Waals surface area contributed by atoms with E-state index in [4.69, 9.17) is 23.2 Å². The van der Waals surface area contributed by atoms with E-state index in [1.54, 1.807) is 24.3 Å². The van der Waals surface area contributed by atoms with Gasteiger partial charge in [-0.1, -0.05) is 35.3 Å². The summed E-state index contributed by atoms with van der Waals surface area (Å²) in [6.45, 7) is 0. The molecule has 0 aliphatic carbocycles. The average molecular weight is 319 g/mol. The third-order valence-electron chi connectivity index (χ3n) is 2.75. The maximum Gasteiger partial charge on any atom is 0.270 e. The molecule has 0 spiro atoms. The molecule has 0 aliphatic heterocycles. The van der Waals surface area contributed by atoms with Crippen LogP contribution in [0, 0.1) is 21.4 Å². The Labute approximate surface area is 131 Å². The minimum Gasteiger partial charge on any atom is -0.258 e. The summed E-state index contributed by atoms with van der Waals surface area (Å²) < 4.78 is 0. The summed E-state index contributed by atoms with van der Waals surface area (Å²) in [7, 11) is 0. The van der Waals surface area contributed by atoms with Crippen LogP contribution in [-0.2, 0) is 0 Å². The van der Waals surface area contributed by atoms with Gasteiger partial charge in [-0.3, -0.25) is 10.1 Å². The molecular formula is C15H8Cl2N2O2. The second-order valence-electron chi connectivity index (χ2n) is 4.14. The quantitative estimate of drug-likeness (QED) is 0.347. The molecule has 0 atom stereocenters. The monoisotopic (exact) mass is 318 g/mol. The highest BCUT2D eigenvalue weighted by Gasteiger charge is 2.10. The Morgan fingerprint density at radius 3 is 2.62 bits per heavy atom. The van der Waals surface area contributed by atoms with Gasteiger partial charge in [-0.15, -0.1) is 0 Å². The molecule has 0 saturated carbocycles. The summed E-state index contributed by atoms with van der Waals surface area (Å²) in [6, 6.07) is 12.9. The van der Waals surface area contributed by atoms with Crippen LogP contribution in [0.15, 0.2) is 42.5 Å². The number of halogens is 2. The molecule has 0 aliphatic rings. The van der Waals surface area contributed by atoms with Crippen molar-refractivity contribution in [2.24, 2.45) is 0 Å². The molecule has 0 radical (unpaired) electrons. The van der Waals surface area contributed by atoms with Crippen molar-refractivity contribution >= 4 is 40.5 Å². The van der Waals surface area contributed by atoms with Gasteiger partial charge in [0, 0.05) is 27.7 Å². The second kappa shape index (κ2) is 6.40. The van der Waals surface area contributed by atoms with E-state index in [0.717, 1.165) is 0 Å². The van der Waals surface area contributed by atoms with Crippen LogP contribution in [0.4, 0.5) is 5.69 Å². The number of nitro groups is 1. The van der Waals surface area contributed by atoms with Crippen LogP contribution in [-0.4, -0.2) is 4.92 Å². The van der Waals surface area contributed by atoms with E-state index >= 15 is 0 Å². The SMILES string of the molecule is N#C/C(=C/c1cc([N+](=O)[O-])ccc1Cl)c1cccc(Cl)c1. The van der Waals surface area contributed by atoms with Gasteiger partial charge in [0.05, 0.1) is 16.6 Å². The molecule has 0 saturated heterocycles. The minimum absolute atomic E-state index is 0.0889. The van der Waals surface area contributed by atoms with Crippen LogP contribution in [0.5, 0.6) is 0 Å². The number of benzene rings is 2. The highest BCUT2D eigenvalue weighted by molar-refractivity contribution is 6.32. The van der Waals surface area contributed by atoms with Crippen molar-refractivity contribution in [3.63, 3.8) is 0 Å². The van der Waals surface area contributed by atoms with Gasteiger partial charge in [-0.05, 0) is 29.8 Å². The minimum atomic E-state index is -0.515. The van der Waals surface area contributed by atoms with E-state index in [-0.39, 0.29) is 5.69 Å². The van der Waals surface area contributed by atoms with E-state index in [1.165, 1.54) is 24.3 Å². The maximum absolute atomic E-state index is 10.8. The molecule has 0 N–H and O–H groups in total. The normalized spacial score (nSPS) is 11.0. The van der Waals surface area contributed by atoms with Crippen molar-refractivity contribution in [1.82, 2.24) is 0 Å². The fourth-order valence-corrected chi connectivity index (χ4v) is 2.11. The third kappa shape index (κ3) is 3.60. The largest absolute Gasteiger partial charge is 0.270 e. The van der Waals surface area contributed by atoms with E-state index in [9.17, 15) is 15.4 Å². The predicted molar refractivity (Wildman–Crippen MR) is 83.0 cm³/mol. The first-order valence-electron chi connectivity index (χ1n) is 5.83. The summed E-state index contributed by atoms with van der Waals surface area (Å²) in [4.78, 5) is 10.3. The lowest BCUT2D eigenvalue weighted by atomic mass is 10.0. The summed E-state index contributed by atoms with van der Waals surface area (Å²) >= 11 is 11.9. The van der Waals surface area contributed by atoms with Crippen LogP contribution < -0.4 is 0 Å². The molecule has 4 nitrogen and oxygen atoms in total. The predicted octanol–water partition coefficient (Wildman–Crippen LogP) is 4.97. The highest BCUT2D eigenvalue weighted by atomic mass is 35.5. The number of non-ortho nitro benzene ring substituents is 1. The van der Waals surface area contributed by atoms with Gasteiger partial charge in [-0.25, -0.2) is 0 Å². The summed E-state index contributed by atoms with van der Waals surface area (Å²) in [5.74, 6) is 0. The number of hydrogen-bond donors (Lipinski definition) is 0. The second-order valence-corrected chi connectivity index (χ2v) is 4.99. The van der Waals surface area contributed by atoms with Crippen LogP contribution in [0.3, 0.4) is 0 Å². The molecule has 2 rings (SSSR count). The highest BCUT2D eigenvalue weighted by Crippen LogP contribution is 2.27. The lowest BCUT2D eigenvalue weighted by Crippen LogP contribution is -1.89. The lowest BCUT2D eigenvalue weighted by molar-refractivity contribution is -0.384. The number of allylic oxidation sites excluding steroid dienone is 1. The molecule has 0 heterocycles. The molecule has 2 aromatic rings. The molecule has 6 heteroatoms. The molecule has 104 valence electrons. The van der Waals surface area contributed by atoms with Gasteiger partial charge in [-0.2, -0.15) is 5.26 Å². The molecule has 21 heavy (non-hydrogen) atoms. The first-order chi connectivity index (χ1) is 10.0. The van der Waals surface area contributed by atoms with Crippen molar-refractivity contribution in [3.05, 3.63) is 73.8 Å². The molecule has 0 unspecified atom stereocenters. The zero-order valence-electron chi connectivity index (χ0n) is 10.6. The molecule has 2 aromatic carbocycles. The van der Waals surface area contributed by atoms with Crippen LogP contribution in [0.2, 0.25) is 10.0 Å². The topological polar surface area (TPSA) is 66.9 Å². The van der Waals surface area contributed by atoms with Crippen molar-refractivity contribution in [2.75, 3.05) is 0 Å². The van der Waals surface area contributed by atoms with Gasteiger partial charge in [0.1, 0.15) is 0 Å². The van der Waals surface area contributed by atoms with E-state index < -0.39 is 4.92 Å². The smallest absolute Gasteiger partial charge is 0.258 e. The zero-order valence-corrected chi connectivity index (χ0v) is 12.1. The molecule has 0 aromatic heterocycles. The van der Waals surface area contributed by atoms with Crippen LogP contribution in [0.1, 0.15) is 11.1 Å². The number of nitro benzene ring substituents is 1. The number of rotatable bonds is 3. The Balaban J connectivity index is 2.53. The van der Waals surface area contributed by atoms with Crippen molar-refractivity contribution < 1.29 is 4.92 Å². The molecule has 0 fully saturated rings. The molecule has 0 bridgehead atoms. The number of hydrogen-bond acceptors (Lipinski definition) is 3. The Kier molecular flexibility index (Phi) is 4.59. The Morgan fingerprint density at radius 2 is 2.00 bits per heavy atom. The summed E-state index contributed by atoms with van der Waals surface area (Å²) in [6.07, 6.45) is 1.50. The first kappa shape index (κ1) is 15.0. The van der Waals surface area contributed by atoms with E-state index in [1.807, 2.05) is 6.07 Å². The first-order valence-corrected chi connectivity index (χ1v) is 6.58. The van der Waals surface area contributed by atoms with Gasteiger partial charge < -0.3 is 0 Å². The van der Waals surface area contributed by atoms with Crippen molar-refractivity contribution in [2.45, 2.75) is 0 Å². The Hall–Kier alpha value is -2.35. The molecular weight excluding hydrogens is 311 g/mol. The van der Waals surface area contributed by atoms with Crippen LogP contribution >= 0.6 is 23.2 Å². The van der Waals surface area contributed by atoms with Crippen molar-refractivity contribution in [3.8, 4) is 6.07 Å². The van der Waals surface area contributed by atoms with Gasteiger partial charge in [0.2, 0.25) is 0 Å². The summed E-state index contributed by atoms with van der Waals surface area (Å²) in [5, 5.41) is 20.9. The third-order valence-corrected chi connectivity index (χ3v) is 3.33. The fourth-order valence-electron chi connectivity index (χ4n) is 1.75. The maximum atomic E-state index is 10.8. The summed E-state index contributed by atoms with van der Waals surface area (Å²) in [5.41, 5.74) is 1.25. The lowest BCUT2D eigenvalue weighted by Gasteiger charge is -2.02. The van der Waals surface area contributed by atoms with Gasteiger partial charge >= 0.3 is 0 Å². The Bertz CT molecular complexity index is 779. The average Bonchev–Trinajstić information content (AvgIpc) is 2.46. The molecule has 0 amide bonds. The fraction of sp³-hybridized carbons (Fsp3) is 0. The van der Waals surface area contributed by atoms with Gasteiger partial charge in [0.15, 0.2) is 0 Å². The van der Waals surface area contributed by atoms with Crippen LogP contribution in [0.25, 0.3) is 11.6 Å². The van der Waals surface area contributed by atoms with Crippen molar-refractivity contribution in [1.29, 1.82) is 5.26 Å². The van der Waals surface area contributed by atoms with E-state index in [0.29, 0.717) is 26.7 Å². The number of nitrogens with zero attached hydrogens (tertiary/aromatic N) is 2. The standard InChI is InChI=1S/C15H8Cl2N2O2/c16-13-3-1-2-10(7-13)12(9-18)6-11-8-14(19(20)21)4-5-15(11)17/h1-8H/b12-6-.